The molecule has 0 aliphatic rings. The second kappa shape index (κ2) is 8.70. The number of amides is 1. The van der Waals surface area contributed by atoms with Gasteiger partial charge in [-0.1, -0.05) is 0 Å². The molecular formula is C18H14Br2N2O3. The van der Waals surface area contributed by atoms with Gasteiger partial charge in [0.25, 0.3) is 5.91 Å². The zero-order valence-corrected chi connectivity index (χ0v) is 16.4. The number of aromatic hydroxyl groups is 1. The van der Waals surface area contributed by atoms with Crippen molar-refractivity contribution in [2.45, 2.75) is 6.92 Å². The van der Waals surface area contributed by atoms with Gasteiger partial charge < -0.3 is 15.2 Å². The van der Waals surface area contributed by atoms with Gasteiger partial charge in [0.1, 0.15) is 23.1 Å². The van der Waals surface area contributed by atoms with Crippen LogP contribution in [0.15, 0.2) is 50.9 Å². The number of anilines is 1. The monoisotopic (exact) mass is 464 g/mol. The highest BCUT2D eigenvalue weighted by atomic mass is 79.9. The summed E-state index contributed by atoms with van der Waals surface area (Å²) in [6.45, 7) is 2.45. The van der Waals surface area contributed by atoms with Crippen molar-refractivity contribution in [1.29, 1.82) is 5.26 Å². The summed E-state index contributed by atoms with van der Waals surface area (Å²) in [6.07, 6.45) is 1.44. The van der Waals surface area contributed by atoms with Crippen LogP contribution >= 0.6 is 31.9 Å². The first kappa shape index (κ1) is 19.0. The van der Waals surface area contributed by atoms with Crippen LogP contribution in [-0.2, 0) is 4.79 Å². The molecule has 0 fully saturated rings. The van der Waals surface area contributed by atoms with Crippen LogP contribution in [0.1, 0.15) is 12.5 Å². The Morgan fingerprint density at radius 1 is 1.28 bits per heavy atom. The molecule has 0 saturated heterocycles. The number of nitriles is 1. The Hall–Kier alpha value is -2.30. The van der Waals surface area contributed by atoms with Crippen molar-refractivity contribution in [1.82, 2.24) is 0 Å². The topological polar surface area (TPSA) is 82.3 Å². The van der Waals surface area contributed by atoms with Crippen LogP contribution in [0.25, 0.3) is 6.08 Å². The lowest BCUT2D eigenvalue weighted by Gasteiger charge is -2.07. The van der Waals surface area contributed by atoms with Crippen LogP contribution in [0.5, 0.6) is 11.5 Å². The van der Waals surface area contributed by atoms with Crippen LogP contribution in [0.4, 0.5) is 5.69 Å². The number of phenols is 1. The van der Waals surface area contributed by atoms with Crippen LogP contribution in [0.2, 0.25) is 0 Å². The second-order valence-electron chi connectivity index (χ2n) is 4.91. The van der Waals surface area contributed by atoms with Gasteiger partial charge in [0.15, 0.2) is 0 Å². The molecule has 0 atom stereocenters. The molecular weight excluding hydrogens is 452 g/mol. The van der Waals surface area contributed by atoms with E-state index in [1.165, 1.54) is 6.08 Å². The predicted octanol–water partition coefficient (Wildman–Crippen LogP) is 4.86. The smallest absolute Gasteiger partial charge is 0.266 e. The highest BCUT2D eigenvalue weighted by Crippen LogP contribution is 2.34. The SMILES string of the molecule is CCOc1ccc(NC(=O)/C(C#N)=C\c2cc(Br)c(O)c(Br)c2)cc1. The largest absolute Gasteiger partial charge is 0.506 e. The molecule has 2 aromatic rings. The minimum atomic E-state index is -0.521. The van der Waals surface area contributed by atoms with Crippen molar-refractivity contribution in [3.05, 3.63) is 56.5 Å². The molecule has 128 valence electrons. The molecule has 2 N–H and O–H groups in total. The molecule has 0 bridgehead atoms. The van der Waals surface area contributed by atoms with Gasteiger partial charge in [-0.15, -0.1) is 0 Å². The van der Waals surface area contributed by atoms with Crippen molar-refractivity contribution in [2.75, 3.05) is 11.9 Å². The third kappa shape index (κ3) is 5.08. The van der Waals surface area contributed by atoms with Crippen molar-refractivity contribution < 1.29 is 14.6 Å². The zero-order chi connectivity index (χ0) is 18.4. The van der Waals surface area contributed by atoms with E-state index in [9.17, 15) is 15.2 Å². The molecule has 0 saturated carbocycles. The fourth-order valence-electron chi connectivity index (χ4n) is 1.98. The number of ether oxygens (including phenoxy) is 1. The van der Waals surface area contributed by atoms with Gasteiger partial charge in [0.2, 0.25) is 0 Å². The number of carbonyl (C=O) groups excluding carboxylic acids is 1. The van der Waals surface area contributed by atoms with Gasteiger partial charge in [-0.2, -0.15) is 5.26 Å². The molecule has 0 radical (unpaired) electrons. The van der Waals surface area contributed by atoms with E-state index in [-0.39, 0.29) is 11.3 Å². The quantitative estimate of drug-likeness (QED) is 0.487. The van der Waals surface area contributed by atoms with Crippen molar-refractivity contribution in [3.63, 3.8) is 0 Å². The van der Waals surface area contributed by atoms with E-state index in [0.29, 0.717) is 32.6 Å². The lowest BCUT2D eigenvalue weighted by molar-refractivity contribution is -0.112. The Balaban J connectivity index is 2.19. The number of nitrogens with zero attached hydrogens (tertiary/aromatic N) is 1. The summed E-state index contributed by atoms with van der Waals surface area (Å²) in [4.78, 5) is 12.3. The molecule has 2 rings (SSSR count). The fourth-order valence-corrected chi connectivity index (χ4v) is 3.21. The zero-order valence-electron chi connectivity index (χ0n) is 13.2. The first-order valence-corrected chi connectivity index (χ1v) is 8.87. The van der Waals surface area contributed by atoms with E-state index in [0.717, 1.165) is 0 Å². The van der Waals surface area contributed by atoms with Gasteiger partial charge in [0.05, 0.1) is 15.6 Å². The molecule has 25 heavy (non-hydrogen) atoms. The number of carbonyl (C=O) groups is 1. The minimum absolute atomic E-state index is 0.0505. The maximum Gasteiger partial charge on any atom is 0.266 e. The Morgan fingerprint density at radius 3 is 2.40 bits per heavy atom. The average molecular weight is 466 g/mol. The molecule has 2 aromatic carbocycles. The molecule has 1 amide bonds. The summed E-state index contributed by atoms with van der Waals surface area (Å²) in [5.74, 6) is 0.233. The second-order valence-corrected chi connectivity index (χ2v) is 6.62. The van der Waals surface area contributed by atoms with E-state index in [1.54, 1.807) is 36.4 Å². The van der Waals surface area contributed by atoms with Gasteiger partial charge >= 0.3 is 0 Å². The molecule has 7 heteroatoms. The third-order valence-corrected chi connectivity index (χ3v) is 4.35. The lowest BCUT2D eigenvalue weighted by atomic mass is 10.1. The molecule has 5 nitrogen and oxygen atoms in total. The normalized spacial score (nSPS) is 10.9. The molecule has 0 heterocycles. The van der Waals surface area contributed by atoms with Crippen molar-refractivity contribution in [2.24, 2.45) is 0 Å². The summed E-state index contributed by atoms with van der Waals surface area (Å²) in [5, 5.41) is 21.7. The van der Waals surface area contributed by atoms with E-state index in [1.807, 2.05) is 13.0 Å². The van der Waals surface area contributed by atoms with E-state index in [4.69, 9.17) is 4.74 Å². The fraction of sp³-hybridized carbons (Fsp3) is 0.111. The van der Waals surface area contributed by atoms with Gasteiger partial charge in [0, 0.05) is 5.69 Å². The van der Waals surface area contributed by atoms with E-state index < -0.39 is 5.91 Å². The maximum atomic E-state index is 12.3. The third-order valence-electron chi connectivity index (χ3n) is 3.14. The number of hydrogen-bond donors (Lipinski definition) is 2. The number of rotatable bonds is 5. The van der Waals surface area contributed by atoms with E-state index in [2.05, 4.69) is 37.2 Å². The molecule has 0 unspecified atom stereocenters. The van der Waals surface area contributed by atoms with Crippen molar-refractivity contribution in [3.8, 4) is 17.6 Å². The number of hydrogen-bond acceptors (Lipinski definition) is 4. The molecule has 0 aliphatic heterocycles. The van der Waals surface area contributed by atoms with Gasteiger partial charge in [-0.25, -0.2) is 0 Å². The summed E-state index contributed by atoms with van der Waals surface area (Å²) in [7, 11) is 0. The standard InChI is InChI=1S/C18H14Br2N2O3/c1-2-25-14-5-3-13(4-6-14)22-18(24)12(10-21)7-11-8-15(19)17(23)16(20)9-11/h3-9,23H,2H2,1H3,(H,22,24)/b12-7-. The van der Waals surface area contributed by atoms with Gasteiger partial charge in [-0.3, -0.25) is 4.79 Å². The highest BCUT2D eigenvalue weighted by molar-refractivity contribution is 9.11. The van der Waals surface area contributed by atoms with Crippen LogP contribution in [0, 0.1) is 11.3 Å². The Labute approximate surface area is 162 Å². The summed E-state index contributed by atoms with van der Waals surface area (Å²) in [5.41, 5.74) is 1.09. The average Bonchev–Trinajstić information content (AvgIpc) is 2.59. The molecule has 0 aromatic heterocycles. The lowest BCUT2D eigenvalue weighted by Crippen LogP contribution is -2.13. The molecule has 0 spiro atoms. The summed E-state index contributed by atoms with van der Waals surface area (Å²) < 4.78 is 6.25. The van der Waals surface area contributed by atoms with Crippen LogP contribution in [0.3, 0.4) is 0 Å². The first-order valence-electron chi connectivity index (χ1n) is 7.28. The van der Waals surface area contributed by atoms with Crippen LogP contribution < -0.4 is 10.1 Å². The minimum Gasteiger partial charge on any atom is -0.506 e. The van der Waals surface area contributed by atoms with Crippen molar-refractivity contribution >= 4 is 49.5 Å². The maximum absolute atomic E-state index is 12.3. The number of halogens is 2. The number of phenolic OH excluding ortho intramolecular Hbond substituents is 1. The van der Waals surface area contributed by atoms with Crippen LogP contribution in [-0.4, -0.2) is 17.6 Å². The Bertz CT molecular complexity index is 833. The predicted molar refractivity (Wildman–Crippen MR) is 103 cm³/mol. The number of nitrogens with one attached hydrogen (secondary N) is 1. The summed E-state index contributed by atoms with van der Waals surface area (Å²) >= 11 is 6.43. The summed E-state index contributed by atoms with van der Waals surface area (Å²) in [6, 6.07) is 12.0. The Kier molecular flexibility index (Phi) is 6.62. The highest BCUT2D eigenvalue weighted by Gasteiger charge is 2.11. The van der Waals surface area contributed by atoms with E-state index >= 15 is 0 Å². The number of benzene rings is 2. The van der Waals surface area contributed by atoms with Gasteiger partial charge in [-0.05, 0) is 86.8 Å². The molecule has 0 aliphatic carbocycles. The first-order chi connectivity index (χ1) is 11.9. The Morgan fingerprint density at radius 2 is 1.88 bits per heavy atom.